The largest absolute Gasteiger partial charge is 0.361 e. The summed E-state index contributed by atoms with van der Waals surface area (Å²) in [6, 6.07) is 12.2. The molecule has 1 aliphatic heterocycles. The normalized spacial score (nSPS) is 18.8. The van der Waals surface area contributed by atoms with Gasteiger partial charge in [-0.05, 0) is 24.9 Å². The highest BCUT2D eigenvalue weighted by molar-refractivity contribution is 5.20. The van der Waals surface area contributed by atoms with Gasteiger partial charge >= 0.3 is 0 Å². The molecule has 1 aromatic heterocycles. The lowest BCUT2D eigenvalue weighted by Gasteiger charge is -2.09. The van der Waals surface area contributed by atoms with Gasteiger partial charge in [-0.3, -0.25) is 5.32 Å². The third kappa shape index (κ3) is 3.43. The molecule has 3 rings (SSSR count). The highest BCUT2D eigenvalue weighted by Crippen LogP contribution is 2.13. The van der Waals surface area contributed by atoms with Crippen molar-refractivity contribution in [1.82, 2.24) is 10.5 Å². The molecule has 0 bridgehead atoms. The second-order valence-electron chi connectivity index (χ2n) is 4.84. The number of hydrogen-bond donors (Lipinski definition) is 1. The van der Waals surface area contributed by atoms with Crippen molar-refractivity contribution in [3.8, 4) is 0 Å². The summed E-state index contributed by atoms with van der Waals surface area (Å²) >= 11 is 0. The van der Waals surface area contributed by atoms with Crippen LogP contribution in [-0.4, -0.2) is 17.9 Å². The Morgan fingerprint density at radius 1 is 1.32 bits per heavy atom. The van der Waals surface area contributed by atoms with Crippen LogP contribution in [-0.2, 0) is 17.8 Å². The summed E-state index contributed by atoms with van der Waals surface area (Å²) in [5.41, 5.74) is 2.09. The third-order valence-electron chi connectivity index (χ3n) is 3.28. The fraction of sp³-hybridized carbons (Fsp3) is 0.400. The van der Waals surface area contributed by atoms with Crippen LogP contribution in [0.5, 0.6) is 0 Å². The van der Waals surface area contributed by atoms with E-state index in [2.05, 4.69) is 22.6 Å². The summed E-state index contributed by atoms with van der Waals surface area (Å²) in [7, 11) is 0. The second-order valence-corrected chi connectivity index (χ2v) is 4.84. The highest BCUT2D eigenvalue weighted by Gasteiger charge is 2.15. The summed E-state index contributed by atoms with van der Waals surface area (Å²) in [4.78, 5) is 0. The molecule has 4 heteroatoms. The van der Waals surface area contributed by atoms with Gasteiger partial charge in [-0.1, -0.05) is 35.5 Å². The number of hydrogen-bond acceptors (Lipinski definition) is 4. The van der Waals surface area contributed by atoms with Crippen molar-refractivity contribution < 1.29 is 9.26 Å². The van der Waals surface area contributed by atoms with E-state index in [0.29, 0.717) is 6.61 Å². The monoisotopic (exact) mass is 258 g/mol. The Kier molecular flexibility index (Phi) is 3.91. The fourth-order valence-corrected chi connectivity index (χ4v) is 2.28. The quantitative estimate of drug-likeness (QED) is 0.895. The zero-order valence-corrected chi connectivity index (χ0v) is 10.8. The lowest BCUT2D eigenvalue weighted by Crippen LogP contribution is -2.24. The van der Waals surface area contributed by atoms with E-state index in [9.17, 15) is 0 Å². The van der Waals surface area contributed by atoms with Crippen LogP contribution in [0.15, 0.2) is 40.9 Å². The number of ether oxygens (including phenoxy) is 1. The van der Waals surface area contributed by atoms with Crippen molar-refractivity contribution in [3.63, 3.8) is 0 Å². The van der Waals surface area contributed by atoms with E-state index < -0.39 is 0 Å². The van der Waals surface area contributed by atoms with Gasteiger partial charge < -0.3 is 9.26 Å². The van der Waals surface area contributed by atoms with Crippen molar-refractivity contribution in [2.24, 2.45) is 0 Å². The number of nitrogens with one attached hydrogen (secondary N) is 1. The van der Waals surface area contributed by atoms with E-state index in [1.165, 1.54) is 12.0 Å². The van der Waals surface area contributed by atoms with Crippen molar-refractivity contribution >= 4 is 0 Å². The molecule has 1 unspecified atom stereocenters. The second kappa shape index (κ2) is 5.99. The molecule has 0 aliphatic carbocycles. The van der Waals surface area contributed by atoms with Gasteiger partial charge in [0.25, 0.3) is 0 Å². The standard InChI is InChI=1S/C15H18N2O2/c1-2-5-12(6-3-1)9-14-10-13(17-19-14)11-18-15-7-4-8-16-15/h1-3,5-6,10,15-16H,4,7-9,11H2. The Balaban J connectivity index is 1.54. The first kappa shape index (κ1) is 12.4. The van der Waals surface area contributed by atoms with Crippen molar-refractivity contribution in [3.05, 3.63) is 53.4 Å². The molecule has 0 radical (unpaired) electrons. The molecular formula is C15H18N2O2. The molecule has 1 aromatic carbocycles. The Hall–Kier alpha value is -1.65. The molecule has 19 heavy (non-hydrogen) atoms. The molecule has 4 nitrogen and oxygen atoms in total. The van der Waals surface area contributed by atoms with Crippen LogP contribution >= 0.6 is 0 Å². The predicted octanol–water partition coefficient (Wildman–Crippen LogP) is 2.49. The molecule has 1 fully saturated rings. The number of benzene rings is 1. The number of nitrogens with zero attached hydrogens (tertiary/aromatic N) is 1. The van der Waals surface area contributed by atoms with E-state index >= 15 is 0 Å². The molecule has 1 atom stereocenters. The van der Waals surface area contributed by atoms with Crippen LogP contribution in [0.25, 0.3) is 0 Å². The van der Waals surface area contributed by atoms with Gasteiger partial charge in [0.15, 0.2) is 0 Å². The number of aromatic nitrogens is 1. The minimum absolute atomic E-state index is 0.175. The molecule has 1 N–H and O–H groups in total. The maximum atomic E-state index is 5.72. The van der Waals surface area contributed by atoms with Crippen LogP contribution in [0, 0.1) is 0 Å². The summed E-state index contributed by atoms with van der Waals surface area (Å²) in [5, 5.41) is 7.34. The van der Waals surface area contributed by atoms with Crippen molar-refractivity contribution in [2.45, 2.75) is 32.1 Å². The highest BCUT2D eigenvalue weighted by atomic mass is 16.5. The predicted molar refractivity (Wildman–Crippen MR) is 71.6 cm³/mol. The summed E-state index contributed by atoms with van der Waals surface area (Å²) in [6.45, 7) is 1.55. The molecule has 1 saturated heterocycles. The van der Waals surface area contributed by atoms with Gasteiger partial charge in [-0.2, -0.15) is 0 Å². The summed E-state index contributed by atoms with van der Waals surface area (Å²) < 4.78 is 11.1. The Morgan fingerprint density at radius 3 is 3.00 bits per heavy atom. The first-order valence-corrected chi connectivity index (χ1v) is 6.73. The fourth-order valence-electron chi connectivity index (χ4n) is 2.28. The summed E-state index contributed by atoms with van der Waals surface area (Å²) in [6.07, 6.45) is 3.21. The molecule has 0 spiro atoms. The van der Waals surface area contributed by atoms with Crippen LogP contribution in [0.4, 0.5) is 0 Å². The molecule has 0 amide bonds. The van der Waals surface area contributed by atoms with E-state index in [4.69, 9.17) is 9.26 Å². The Bertz CT molecular complexity index is 504. The SMILES string of the molecule is c1ccc(Cc2cc(COC3CCCN3)no2)cc1. The molecular weight excluding hydrogens is 240 g/mol. The van der Waals surface area contributed by atoms with Crippen LogP contribution in [0.2, 0.25) is 0 Å². The van der Waals surface area contributed by atoms with Crippen molar-refractivity contribution in [2.75, 3.05) is 6.54 Å². The van der Waals surface area contributed by atoms with Gasteiger partial charge in [-0.25, -0.2) is 0 Å². The van der Waals surface area contributed by atoms with Gasteiger partial charge in [-0.15, -0.1) is 0 Å². The van der Waals surface area contributed by atoms with Gasteiger partial charge in [0, 0.05) is 12.5 Å². The Labute approximate surface area is 112 Å². The van der Waals surface area contributed by atoms with Gasteiger partial charge in [0.1, 0.15) is 17.7 Å². The Morgan fingerprint density at radius 2 is 2.21 bits per heavy atom. The molecule has 1 aliphatic rings. The zero-order valence-electron chi connectivity index (χ0n) is 10.8. The number of rotatable bonds is 5. The van der Waals surface area contributed by atoms with Crippen LogP contribution < -0.4 is 5.32 Å². The van der Waals surface area contributed by atoms with E-state index in [1.54, 1.807) is 0 Å². The van der Waals surface area contributed by atoms with E-state index in [-0.39, 0.29) is 6.23 Å². The van der Waals surface area contributed by atoms with E-state index in [1.807, 2.05) is 24.3 Å². The van der Waals surface area contributed by atoms with Gasteiger partial charge in [0.2, 0.25) is 0 Å². The van der Waals surface area contributed by atoms with Crippen LogP contribution in [0.3, 0.4) is 0 Å². The molecule has 100 valence electrons. The molecule has 2 aromatic rings. The summed E-state index contributed by atoms with van der Waals surface area (Å²) in [5.74, 6) is 0.879. The average molecular weight is 258 g/mol. The molecule has 2 heterocycles. The maximum absolute atomic E-state index is 5.72. The minimum atomic E-state index is 0.175. The topological polar surface area (TPSA) is 47.3 Å². The first-order chi connectivity index (χ1) is 9.40. The van der Waals surface area contributed by atoms with Crippen LogP contribution in [0.1, 0.15) is 29.9 Å². The van der Waals surface area contributed by atoms with Gasteiger partial charge in [0.05, 0.1) is 6.61 Å². The average Bonchev–Trinajstić information content (AvgIpc) is 3.09. The van der Waals surface area contributed by atoms with Crippen molar-refractivity contribution in [1.29, 1.82) is 0 Å². The zero-order chi connectivity index (χ0) is 12.9. The lowest BCUT2D eigenvalue weighted by molar-refractivity contribution is 0.0281. The third-order valence-corrected chi connectivity index (χ3v) is 3.28. The first-order valence-electron chi connectivity index (χ1n) is 6.73. The lowest BCUT2D eigenvalue weighted by atomic mass is 10.1. The smallest absolute Gasteiger partial charge is 0.141 e. The molecule has 0 saturated carbocycles. The maximum Gasteiger partial charge on any atom is 0.141 e. The van der Waals surface area contributed by atoms with E-state index in [0.717, 1.165) is 30.8 Å². The minimum Gasteiger partial charge on any atom is -0.361 e.